The van der Waals surface area contributed by atoms with Gasteiger partial charge in [0, 0.05) is 28.4 Å². The van der Waals surface area contributed by atoms with Crippen molar-refractivity contribution in [2.75, 3.05) is 0 Å². The molecule has 1 fully saturated rings. The smallest absolute Gasteiger partial charge is 0.145 e. The highest BCUT2D eigenvalue weighted by Gasteiger charge is 2.54. The molecule has 308 valence electrons. The minimum absolute atomic E-state index is 0.0245. The van der Waals surface area contributed by atoms with E-state index in [1.54, 1.807) is 16.7 Å². The van der Waals surface area contributed by atoms with Crippen molar-refractivity contribution in [2.45, 2.75) is 81.2 Å². The van der Waals surface area contributed by atoms with Gasteiger partial charge in [-0.1, -0.05) is 215 Å². The number of aliphatic imine (C=N–C) groups is 1. The lowest BCUT2D eigenvalue weighted by molar-refractivity contribution is 0.233. The minimum atomic E-state index is -0.180. The highest BCUT2D eigenvalue weighted by atomic mass is 15.1. The predicted octanol–water partition coefficient (Wildman–Crippen LogP) is 14.8. The molecule has 1 aliphatic heterocycles. The molecule has 6 aromatic carbocycles. The second kappa shape index (κ2) is 15.1. The van der Waals surface area contributed by atoms with E-state index < -0.39 is 0 Å². The molecule has 63 heavy (non-hydrogen) atoms. The predicted molar refractivity (Wildman–Crippen MR) is 263 cm³/mol. The van der Waals surface area contributed by atoms with Crippen LogP contribution in [-0.2, 0) is 10.8 Å². The Morgan fingerprint density at radius 1 is 0.587 bits per heavy atom. The van der Waals surface area contributed by atoms with Crippen molar-refractivity contribution < 1.29 is 0 Å². The Balaban J connectivity index is 0.823. The summed E-state index contributed by atoms with van der Waals surface area (Å²) in [6.07, 6.45) is 22.5. The minimum Gasteiger partial charge on any atom is -0.360 e. The summed E-state index contributed by atoms with van der Waals surface area (Å²) in [7, 11) is 0. The van der Waals surface area contributed by atoms with E-state index >= 15 is 0 Å². The summed E-state index contributed by atoms with van der Waals surface area (Å²) in [5, 5.41) is 3.74. The van der Waals surface area contributed by atoms with Crippen LogP contribution in [0.4, 0.5) is 0 Å². The fraction of sp³-hybridized carbons (Fsp3) is 0.230. The highest BCUT2D eigenvalue weighted by Crippen LogP contribution is 2.64. The van der Waals surface area contributed by atoms with Crippen molar-refractivity contribution in [2.24, 2.45) is 10.9 Å². The van der Waals surface area contributed by atoms with Gasteiger partial charge in [-0.2, -0.15) is 0 Å². The summed E-state index contributed by atoms with van der Waals surface area (Å²) in [6.45, 7) is 4.94. The van der Waals surface area contributed by atoms with Crippen LogP contribution in [0.25, 0.3) is 28.0 Å². The zero-order valence-corrected chi connectivity index (χ0v) is 36.4. The van der Waals surface area contributed by atoms with E-state index in [0.717, 1.165) is 34.5 Å². The van der Waals surface area contributed by atoms with Gasteiger partial charge in [-0.25, -0.2) is 0 Å². The molecular formula is C61H54N2. The van der Waals surface area contributed by atoms with Gasteiger partial charge < -0.3 is 5.32 Å². The van der Waals surface area contributed by atoms with Gasteiger partial charge in [0.15, 0.2) is 0 Å². The van der Waals surface area contributed by atoms with Crippen LogP contribution < -0.4 is 5.32 Å². The van der Waals surface area contributed by atoms with Crippen molar-refractivity contribution in [1.29, 1.82) is 0 Å². The Morgan fingerprint density at radius 3 is 2.00 bits per heavy atom. The normalized spacial score (nSPS) is 23.5. The van der Waals surface area contributed by atoms with Crippen LogP contribution in [0.2, 0.25) is 0 Å². The van der Waals surface area contributed by atoms with Gasteiger partial charge in [0.2, 0.25) is 0 Å². The van der Waals surface area contributed by atoms with Gasteiger partial charge in [0.25, 0.3) is 0 Å². The first-order valence-corrected chi connectivity index (χ1v) is 23.4. The Morgan fingerprint density at radius 2 is 1.24 bits per heavy atom. The number of hydrogen-bond donors (Lipinski definition) is 1. The van der Waals surface area contributed by atoms with E-state index in [2.05, 4.69) is 207 Å². The average Bonchev–Trinajstić information content (AvgIpc) is 3.74. The number of nitrogens with one attached hydrogen (secondary N) is 1. The molecule has 0 radical (unpaired) electrons. The number of fused-ring (bicyclic) bond motifs is 8. The van der Waals surface area contributed by atoms with Crippen LogP contribution in [0.3, 0.4) is 0 Å². The van der Waals surface area contributed by atoms with Crippen LogP contribution in [-0.4, -0.2) is 5.71 Å². The molecule has 1 saturated carbocycles. The SMILES string of the molecule is CC1(C)C2=CC3c4ccccc4C4(CCCCC4)C3C=C2c2c(C3C=CC(c4ccc(C5=NC(c6ccccc6)NC(c6ccc(-c7ccccc7)cc6)=C5)cc4)=CC3)cccc21. The lowest BCUT2D eigenvalue weighted by Gasteiger charge is -2.42. The van der Waals surface area contributed by atoms with Crippen LogP contribution in [0.5, 0.6) is 0 Å². The lowest BCUT2D eigenvalue weighted by Crippen LogP contribution is -2.35. The van der Waals surface area contributed by atoms with Crippen LogP contribution >= 0.6 is 0 Å². The summed E-state index contributed by atoms with van der Waals surface area (Å²) < 4.78 is 0. The second-order valence-corrected chi connectivity index (χ2v) is 19.3. The van der Waals surface area contributed by atoms with Crippen LogP contribution in [0.15, 0.2) is 199 Å². The Labute approximate surface area is 373 Å². The summed E-state index contributed by atoms with van der Waals surface area (Å²) in [5.41, 5.74) is 21.5. The molecule has 6 aliphatic rings. The van der Waals surface area contributed by atoms with E-state index in [9.17, 15) is 0 Å². The summed E-state index contributed by atoms with van der Waals surface area (Å²) in [5.74, 6) is 1.35. The third-order valence-electron chi connectivity index (χ3n) is 15.6. The maximum Gasteiger partial charge on any atom is 0.145 e. The number of hydrogen-bond acceptors (Lipinski definition) is 2. The van der Waals surface area contributed by atoms with E-state index in [0.29, 0.717) is 17.8 Å². The number of allylic oxidation sites excluding steroid dienone is 9. The second-order valence-electron chi connectivity index (χ2n) is 19.3. The monoisotopic (exact) mass is 814 g/mol. The summed E-state index contributed by atoms with van der Waals surface area (Å²) in [4.78, 5) is 5.26. The van der Waals surface area contributed by atoms with Gasteiger partial charge in [-0.05, 0) is 109 Å². The first-order valence-electron chi connectivity index (χ1n) is 23.4. The Hall–Kier alpha value is -6.51. The Bertz CT molecular complexity index is 2930. The fourth-order valence-electron chi connectivity index (χ4n) is 12.4. The maximum absolute atomic E-state index is 5.26. The molecule has 0 saturated heterocycles. The molecule has 0 bridgehead atoms. The van der Waals surface area contributed by atoms with E-state index in [1.807, 2.05) is 0 Å². The number of rotatable bonds is 6. The maximum atomic E-state index is 5.26. The molecule has 4 unspecified atom stereocenters. The lowest BCUT2D eigenvalue weighted by atomic mass is 9.62. The standard InChI is InChI=1S/C61H54N2/c1-60(2)53-22-14-20-48(58(53)51-38-55-50(37-54(51)60)49-19-10-11-21-52(49)61(55)35-12-5-13-36-61)44-29-23-42(24-30-44)43-27-33-46(34-28-43)57-39-56(62-59(63-57)47-17-8-4-9-18-47)45-31-25-41(26-32-45)40-15-6-3-7-16-40/h3-4,6-11,14-29,31-34,37-39,44,50,55,59,62H,5,12-13,30,35-36H2,1-2H3. The van der Waals surface area contributed by atoms with Crippen molar-refractivity contribution in [3.05, 3.63) is 244 Å². The average molecular weight is 815 g/mol. The molecule has 2 heteroatoms. The molecule has 1 N–H and O–H groups in total. The van der Waals surface area contributed by atoms with Gasteiger partial charge in [0.05, 0.1) is 5.71 Å². The first kappa shape index (κ1) is 38.2. The molecule has 2 nitrogen and oxygen atoms in total. The Kier molecular flexibility index (Phi) is 9.15. The van der Waals surface area contributed by atoms with E-state index in [1.165, 1.54) is 76.6 Å². The van der Waals surface area contributed by atoms with Crippen LogP contribution in [0, 0.1) is 5.92 Å². The van der Waals surface area contributed by atoms with Gasteiger partial charge in [0.1, 0.15) is 6.17 Å². The topological polar surface area (TPSA) is 24.4 Å². The molecule has 6 aromatic rings. The van der Waals surface area contributed by atoms with Gasteiger partial charge in [-0.3, -0.25) is 4.99 Å². The number of nitrogens with zero attached hydrogens (tertiary/aromatic N) is 1. The fourth-order valence-corrected chi connectivity index (χ4v) is 12.4. The van der Waals surface area contributed by atoms with Crippen LogP contribution in [0.1, 0.15) is 120 Å². The summed E-state index contributed by atoms with van der Waals surface area (Å²) >= 11 is 0. The molecule has 4 atom stereocenters. The zero-order valence-electron chi connectivity index (χ0n) is 36.4. The zero-order chi connectivity index (χ0) is 42.1. The van der Waals surface area contributed by atoms with E-state index in [-0.39, 0.29) is 17.0 Å². The summed E-state index contributed by atoms with van der Waals surface area (Å²) in [6, 6.07) is 55.7. The molecule has 1 spiro atoms. The molecule has 0 aromatic heterocycles. The highest BCUT2D eigenvalue weighted by molar-refractivity contribution is 6.13. The third-order valence-corrected chi connectivity index (χ3v) is 15.6. The number of benzene rings is 6. The van der Waals surface area contributed by atoms with Gasteiger partial charge in [-0.15, -0.1) is 0 Å². The van der Waals surface area contributed by atoms with E-state index in [4.69, 9.17) is 4.99 Å². The molecule has 5 aliphatic carbocycles. The third kappa shape index (κ3) is 6.32. The largest absolute Gasteiger partial charge is 0.360 e. The molecule has 1 heterocycles. The molecule has 0 amide bonds. The first-order chi connectivity index (χ1) is 30.9. The molecule has 12 rings (SSSR count). The quantitative estimate of drug-likeness (QED) is 0.178. The van der Waals surface area contributed by atoms with Crippen molar-refractivity contribution >= 4 is 22.6 Å². The van der Waals surface area contributed by atoms with Gasteiger partial charge >= 0.3 is 0 Å². The van der Waals surface area contributed by atoms with Crippen molar-refractivity contribution in [3.8, 4) is 11.1 Å². The van der Waals surface area contributed by atoms with Crippen molar-refractivity contribution in [3.63, 3.8) is 0 Å². The van der Waals surface area contributed by atoms with Crippen molar-refractivity contribution in [1.82, 2.24) is 5.32 Å². The molecular weight excluding hydrogens is 761 g/mol.